The Balaban J connectivity index is 2.29. The van der Waals surface area contributed by atoms with Gasteiger partial charge in [-0.25, -0.2) is 4.79 Å². The van der Waals surface area contributed by atoms with Gasteiger partial charge in [-0.2, -0.15) is 0 Å². The molecule has 1 aliphatic heterocycles. The lowest BCUT2D eigenvalue weighted by atomic mass is 9.76. The normalized spacial score (nSPS) is 20.5. The number of benzene rings is 1. The number of rotatable bonds is 3. The van der Waals surface area contributed by atoms with Gasteiger partial charge in [0.25, 0.3) is 0 Å². The highest BCUT2D eigenvalue weighted by Crippen LogP contribution is 2.48. The largest absolute Gasteiger partial charge is 0.497 e. The third kappa shape index (κ3) is 3.06. The molecule has 0 N–H and O–H groups in total. The van der Waals surface area contributed by atoms with Crippen molar-refractivity contribution in [1.82, 2.24) is 0 Å². The van der Waals surface area contributed by atoms with Crippen molar-refractivity contribution in [3.8, 4) is 11.5 Å². The van der Waals surface area contributed by atoms with Gasteiger partial charge in [0.15, 0.2) is 11.4 Å². The smallest absolute Gasteiger partial charge is 0.343 e. The Bertz CT molecular complexity index is 998. The molecule has 1 atom stereocenters. The second-order valence-electron chi connectivity index (χ2n) is 6.57. The number of allylic oxidation sites excluding steroid dienone is 1. The quantitative estimate of drug-likeness (QED) is 0.576. The second-order valence-corrected chi connectivity index (χ2v) is 6.57. The van der Waals surface area contributed by atoms with E-state index in [1.54, 1.807) is 19.9 Å². The summed E-state index contributed by atoms with van der Waals surface area (Å²) in [5.41, 5.74) is -0.363. The molecule has 0 bridgehead atoms. The van der Waals surface area contributed by atoms with Gasteiger partial charge >= 0.3 is 17.9 Å². The first-order valence-corrected chi connectivity index (χ1v) is 8.39. The fourth-order valence-corrected chi connectivity index (χ4v) is 3.43. The molecule has 0 fully saturated rings. The Morgan fingerprint density at radius 1 is 1.07 bits per heavy atom. The number of fused-ring (bicyclic) bond motifs is 3. The minimum atomic E-state index is -1.35. The van der Waals surface area contributed by atoms with Gasteiger partial charge in [-0.05, 0) is 19.9 Å². The first-order valence-electron chi connectivity index (χ1n) is 8.39. The molecule has 0 saturated heterocycles. The predicted octanol–water partition coefficient (Wildman–Crippen LogP) is 2.35. The summed E-state index contributed by atoms with van der Waals surface area (Å²) in [5.74, 6) is -2.47. The Kier molecular flexibility index (Phi) is 4.58. The summed E-state index contributed by atoms with van der Waals surface area (Å²) in [6.45, 7) is 5.49. The molecular weight excluding hydrogens is 368 g/mol. The number of methoxy groups -OCH3 is 1. The number of ketones is 1. The van der Waals surface area contributed by atoms with Crippen LogP contribution in [0.1, 0.15) is 43.6 Å². The Hall–Kier alpha value is -3.42. The number of carbonyl (C=O) groups is 4. The molecule has 0 radical (unpaired) electrons. The number of hydrogen-bond donors (Lipinski definition) is 0. The first-order chi connectivity index (χ1) is 13.1. The third-order valence-electron chi connectivity index (χ3n) is 4.44. The highest BCUT2D eigenvalue weighted by atomic mass is 16.6. The fourth-order valence-electron chi connectivity index (χ4n) is 3.43. The summed E-state index contributed by atoms with van der Waals surface area (Å²) in [4.78, 5) is 48.3. The summed E-state index contributed by atoms with van der Waals surface area (Å²) in [7, 11) is 1.42. The SMILES string of the molecule is COc1cc(OC(C)=O)c2c(c1)C1=C(C)C(=O)C(OC(C)=O)=CC1(C)OC2=O. The number of carbonyl (C=O) groups excluding carboxylic acids is 4. The Labute approximate surface area is 160 Å². The van der Waals surface area contributed by atoms with E-state index in [0.29, 0.717) is 16.9 Å². The van der Waals surface area contributed by atoms with Crippen LogP contribution in [0, 0.1) is 0 Å². The maximum atomic E-state index is 12.8. The van der Waals surface area contributed by atoms with Gasteiger partial charge in [-0.15, -0.1) is 0 Å². The molecule has 1 aromatic rings. The summed E-state index contributed by atoms with van der Waals surface area (Å²) in [6, 6.07) is 2.96. The molecule has 0 saturated carbocycles. The fraction of sp³-hybridized carbons (Fsp3) is 0.300. The van der Waals surface area contributed by atoms with Crippen LogP contribution in [-0.4, -0.2) is 36.4 Å². The zero-order valence-corrected chi connectivity index (χ0v) is 16.0. The number of esters is 3. The van der Waals surface area contributed by atoms with Crippen LogP contribution in [0.2, 0.25) is 0 Å². The van der Waals surface area contributed by atoms with Crippen molar-refractivity contribution < 1.29 is 38.1 Å². The van der Waals surface area contributed by atoms with Crippen LogP contribution in [0.5, 0.6) is 11.5 Å². The van der Waals surface area contributed by atoms with Gasteiger partial charge in [0.1, 0.15) is 17.1 Å². The van der Waals surface area contributed by atoms with E-state index in [4.69, 9.17) is 18.9 Å². The van der Waals surface area contributed by atoms with E-state index in [1.807, 2.05) is 0 Å². The van der Waals surface area contributed by atoms with Crippen LogP contribution in [0.4, 0.5) is 0 Å². The van der Waals surface area contributed by atoms with Crippen molar-refractivity contribution in [2.45, 2.75) is 33.3 Å². The van der Waals surface area contributed by atoms with Crippen molar-refractivity contribution in [3.05, 3.63) is 40.7 Å². The molecule has 28 heavy (non-hydrogen) atoms. The first kappa shape index (κ1) is 19.3. The highest BCUT2D eigenvalue weighted by molar-refractivity contribution is 6.18. The summed E-state index contributed by atoms with van der Waals surface area (Å²) in [5, 5.41) is 0. The van der Waals surface area contributed by atoms with Gasteiger partial charge < -0.3 is 18.9 Å². The van der Waals surface area contributed by atoms with E-state index in [0.717, 1.165) is 0 Å². The molecule has 0 aromatic heterocycles. The predicted molar refractivity (Wildman–Crippen MR) is 95.6 cm³/mol. The highest BCUT2D eigenvalue weighted by Gasteiger charge is 2.47. The zero-order valence-electron chi connectivity index (χ0n) is 16.0. The molecule has 1 aromatic carbocycles. The Morgan fingerprint density at radius 3 is 2.29 bits per heavy atom. The monoisotopic (exact) mass is 386 g/mol. The van der Waals surface area contributed by atoms with Gasteiger partial charge in [-0.1, -0.05) is 0 Å². The molecule has 1 heterocycles. The van der Waals surface area contributed by atoms with Crippen LogP contribution in [0.3, 0.4) is 0 Å². The minimum Gasteiger partial charge on any atom is -0.497 e. The van der Waals surface area contributed by atoms with Crippen molar-refractivity contribution in [1.29, 1.82) is 0 Å². The zero-order chi connectivity index (χ0) is 20.8. The lowest BCUT2D eigenvalue weighted by Gasteiger charge is -2.38. The lowest BCUT2D eigenvalue weighted by molar-refractivity contribution is -0.139. The van der Waals surface area contributed by atoms with Gasteiger partial charge in [-0.3, -0.25) is 14.4 Å². The van der Waals surface area contributed by atoms with E-state index in [2.05, 4.69) is 0 Å². The molecule has 2 aliphatic rings. The molecular formula is C20H18O8. The molecule has 1 unspecified atom stereocenters. The van der Waals surface area contributed by atoms with Crippen LogP contribution in [0.25, 0.3) is 5.57 Å². The molecule has 3 rings (SSSR count). The van der Waals surface area contributed by atoms with E-state index >= 15 is 0 Å². The third-order valence-corrected chi connectivity index (χ3v) is 4.44. The van der Waals surface area contributed by atoms with E-state index in [-0.39, 0.29) is 22.6 Å². The van der Waals surface area contributed by atoms with Crippen molar-refractivity contribution in [3.63, 3.8) is 0 Å². The molecule has 0 spiro atoms. The van der Waals surface area contributed by atoms with Gasteiger partial charge in [0, 0.05) is 42.7 Å². The van der Waals surface area contributed by atoms with Crippen LogP contribution in [-0.2, 0) is 23.9 Å². The topological polar surface area (TPSA) is 105 Å². The average molecular weight is 386 g/mol. The molecule has 1 aliphatic carbocycles. The summed E-state index contributed by atoms with van der Waals surface area (Å²) >= 11 is 0. The molecule has 146 valence electrons. The van der Waals surface area contributed by atoms with Crippen LogP contribution < -0.4 is 9.47 Å². The standard InChI is InChI=1S/C20H18O8/c1-9-17-13-6-12(25-5)7-14(26-10(2)21)16(13)19(24)28-20(17,4)8-15(18(9)23)27-11(3)22/h6-8H,1-5H3. The number of ether oxygens (including phenoxy) is 4. The summed E-state index contributed by atoms with van der Waals surface area (Å²) in [6.07, 6.45) is 1.30. The van der Waals surface area contributed by atoms with Crippen LogP contribution in [0.15, 0.2) is 29.5 Å². The maximum Gasteiger partial charge on any atom is 0.343 e. The lowest BCUT2D eigenvalue weighted by Crippen LogP contribution is -2.41. The minimum absolute atomic E-state index is 0.0139. The maximum absolute atomic E-state index is 12.8. The molecule has 8 heteroatoms. The van der Waals surface area contributed by atoms with Crippen molar-refractivity contribution in [2.75, 3.05) is 7.11 Å². The Morgan fingerprint density at radius 2 is 1.71 bits per heavy atom. The summed E-state index contributed by atoms with van der Waals surface area (Å²) < 4.78 is 21.0. The van der Waals surface area contributed by atoms with E-state index in [1.165, 1.54) is 33.1 Å². The molecule has 0 amide bonds. The number of Topliss-reactive ketones (excluding diaryl/α,β-unsaturated/α-hetero) is 1. The number of hydrogen-bond acceptors (Lipinski definition) is 8. The van der Waals surface area contributed by atoms with E-state index < -0.39 is 29.3 Å². The van der Waals surface area contributed by atoms with Crippen molar-refractivity contribution in [2.24, 2.45) is 0 Å². The average Bonchev–Trinajstić information content (AvgIpc) is 2.57. The second kappa shape index (κ2) is 6.63. The van der Waals surface area contributed by atoms with Gasteiger partial charge in [0.05, 0.1) is 7.11 Å². The molecule has 8 nitrogen and oxygen atoms in total. The van der Waals surface area contributed by atoms with Gasteiger partial charge in [0.2, 0.25) is 5.78 Å². The van der Waals surface area contributed by atoms with Crippen LogP contribution >= 0.6 is 0 Å². The van der Waals surface area contributed by atoms with E-state index in [9.17, 15) is 19.2 Å². The van der Waals surface area contributed by atoms with Crippen molar-refractivity contribution >= 4 is 29.3 Å².